The highest BCUT2D eigenvalue weighted by Gasteiger charge is 2.43. The highest BCUT2D eigenvalue weighted by atomic mass is 32.2. The second-order valence-electron chi connectivity index (χ2n) is 6.68. The van der Waals surface area contributed by atoms with Gasteiger partial charge in [-0.25, -0.2) is 22.7 Å². The van der Waals surface area contributed by atoms with Crippen LogP contribution in [0.4, 0.5) is 19.0 Å². The lowest BCUT2D eigenvalue weighted by atomic mass is 10.1. The molecule has 0 radical (unpaired) electrons. The molecule has 0 saturated heterocycles. The molecule has 166 valence electrons. The van der Waals surface area contributed by atoms with Gasteiger partial charge >= 0.3 is 11.5 Å². The maximum Gasteiger partial charge on any atom is 0.446 e. The Bertz CT molecular complexity index is 1150. The number of aromatic nitrogens is 2. The number of hydrogen-bond donors (Lipinski definition) is 0. The number of benzene rings is 1. The summed E-state index contributed by atoms with van der Waals surface area (Å²) in [5, 5.41) is 0. The Morgan fingerprint density at radius 3 is 2.45 bits per heavy atom. The van der Waals surface area contributed by atoms with Crippen molar-refractivity contribution < 1.29 is 31.1 Å². The van der Waals surface area contributed by atoms with Crippen LogP contribution in [0.1, 0.15) is 32.0 Å². The van der Waals surface area contributed by atoms with Crippen LogP contribution in [0.2, 0.25) is 0 Å². The quantitative estimate of drug-likeness (QED) is 0.473. The molecule has 0 aliphatic carbocycles. The summed E-state index contributed by atoms with van der Waals surface area (Å²) >= 11 is -0.455. The zero-order valence-electron chi connectivity index (χ0n) is 16.7. The van der Waals surface area contributed by atoms with E-state index >= 15 is 0 Å². The Balaban J connectivity index is 2.39. The second-order valence-corrected chi connectivity index (χ2v) is 9.58. The van der Waals surface area contributed by atoms with E-state index in [4.69, 9.17) is 4.74 Å². The maximum absolute atomic E-state index is 13.5. The lowest BCUT2D eigenvalue weighted by molar-refractivity contribution is -0.140. The molecule has 12 heteroatoms. The van der Waals surface area contributed by atoms with Gasteiger partial charge in [0.2, 0.25) is 0 Å². The van der Waals surface area contributed by atoms with Crippen molar-refractivity contribution in [1.29, 1.82) is 0 Å². The molecule has 1 aliphatic rings. The molecular formula is C19H18F3N3O4S2. The third-order valence-electron chi connectivity index (χ3n) is 4.20. The van der Waals surface area contributed by atoms with Crippen LogP contribution in [-0.4, -0.2) is 36.4 Å². The van der Waals surface area contributed by atoms with Gasteiger partial charge in [-0.3, -0.25) is 4.79 Å². The van der Waals surface area contributed by atoms with E-state index in [2.05, 4.69) is 9.97 Å². The first-order valence-electron chi connectivity index (χ1n) is 9.12. The predicted octanol–water partition coefficient (Wildman–Crippen LogP) is 4.28. The van der Waals surface area contributed by atoms with Gasteiger partial charge in [0.05, 0.1) is 5.92 Å². The summed E-state index contributed by atoms with van der Waals surface area (Å²) in [6, 6.07) is 5.15. The van der Waals surface area contributed by atoms with E-state index in [0.717, 1.165) is 10.4 Å². The number of sulfonamides is 1. The molecular weight excluding hydrogens is 455 g/mol. The number of alkyl halides is 3. The Labute approximate surface area is 181 Å². The average molecular weight is 473 g/mol. The van der Waals surface area contributed by atoms with Gasteiger partial charge in [0, 0.05) is 29.4 Å². The molecule has 0 bridgehead atoms. The van der Waals surface area contributed by atoms with Gasteiger partial charge in [0.25, 0.3) is 10.0 Å². The summed E-state index contributed by atoms with van der Waals surface area (Å²) in [6.45, 7) is 4.58. The molecule has 1 aromatic carbocycles. The molecule has 2 heterocycles. The number of hydrogen-bond acceptors (Lipinski definition) is 7. The fraction of sp³-hybridized carbons (Fsp3) is 0.316. The van der Waals surface area contributed by atoms with Crippen molar-refractivity contribution in [2.24, 2.45) is 5.92 Å². The second kappa shape index (κ2) is 8.50. The fourth-order valence-corrected chi connectivity index (χ4v) is 5.37. The Morgan fingerprint density at radius 2 is 1.84 bits per heavy atom. The van der Waals surface area contributed by atoms with E-state index < -0.39 is 49.8 Å². The third kappa shape index (κ3) is 4.54. The number of halogens is 3. The zero-order valence-corrected chi connectivity index (χ0v) is 18.3. The lowest BCUT2D eigenvalue weighted by Crippen LogP contribution is -2.37. The minimum Gasteiger partial charge on any atom is -0.422 e. The van der Waals surface area contributed by atoms with Gasteiger partial charge in [-0.05, 0) is 24.8 Å². The Kier molecular flexibility index (Phi) is 6.33. The predicted molar refractivity (Wildman–Crippen MR) is 110 cm³/mol. The highest BCUT2D eigenvalue weighted by molar-refractivity contribution is 8.02. The van der Waals surface area contributed by atoms with Crippen molar-refractivity contribution in [1.82, 2.24) is 9.97 Å². The molecule has 0 saturated carbocycles. The summed E-state index contributed by atoms with van der Waals surface area (Å²) in [6.07, 6.45) is 2.55. The number of fused-ring (bicyclic) bond motifs is 1. The minimum absolute atomic E-state index is 0.0463. The topological polar surface area (TPSA) is 89.5 Å². The average Bonchev–Trinajstić information content (AvgIpc) is 2.67. The van der Waals surface area contributed by atoms with E-state index in [1.54, 1.807) is 20.8 Å². The van der Waals surface area contributed by atoms with Gasteiger partial charge in [-0.15, -0.1) is 0 Å². The van der Waals surface area contributed by atoms with Crippen LogP contribution < -0.4 is 4.31 Å². The van der Waals surface area contributed by atoms with Crippen molar-refractivity contribution in [3.8, 4) is 0 Å². The number of esters is 1. The van der Waals surface area contributed by atoms with Gasteiger partial charge in [0.15, 0.2) is 17.3 Å². The van der Waals surface area contributed by atoms with Crippen LogP contribution in [0.5, 0.6) is 0 Å². The van der Waals surface area contributed by atoms with Gasteiger partial charge in [-0.1, -0.05) is 32.0 Å². The monoisotopic (exact) mass is 473 g/mol. The van der Waals surface area contributed by atoms with Crippen LogP contribution in [0, 0.1) is 5.92 Å². The highest BCUT2D eigenvalue weighted by Crippen LogP contribution is 2.47. The van der Waals surface area contributed by atoms with Gasteiger partial charge < -0.3 is 4.74 Å². The van der Waals surface area contributed by atoms with Crippen LogP contribution in [0.15, 0.2) is 41.6 Å². The molecule has 1 aromatic heterocycles. The molecule has 7 nitrogen and oxygen atoms in total. The molecule has 31 heavy (non-hydrogen) atoms. The van der Waals surface area contributed by atoms with E-state index in [1.807, 2.05) is 0 Å². The molecule has 1 aliphatic heterocycles. The lowest BCUT2D eigenvalue weighted by Gasteiger charge is -2.31. The first-order chi connectivity index (χ1) is 14.5. The van der Waals surface area contributed by atoms with E-state index in [0.29, 0.717) is 0 Å². The number of anilines is 1. The van der Waals surface area contributed by atoms with Crippen molar-refractivity contribution >= 4 is 44.2 Å². The van der Waals surface area contributed by atoms with Gasteiger partial charge in [-0.2, -0.15) is 13.2 Å². The molecule has 0 unspecified atom stereocenters. The third-order valence-corrected chi connectivity index (χ3v) is 6.94. The smallest absolute Gasteiger partial charge is 0.422 e. The summed E-state index contributed by atoms with van der Waals surface area (Å²) in [5.74, 6) is -1.89. The van der Waals surface area contributed by atoms with E-state index in [9.17, 15) is 26.4 Å². The summed E-state index contributed by atoms with van der Waals surface area (Å²) in [5.41, 5.74) is -4.95. The number of ether oxygens (including phenoxy) is 1. The first-order valence-corrected chi connectivity index (χ1v) is 11.4. The number of carbonyl (C=O) groups is 1. The molecule has 2 aromatic rings. The summed E-state index contributed by atoms with van der Waals surface area (Å²) in [7, 11) is -4.43. The number of nitrogens with zero attached hydrogens (tertiary/aromatic N) is 3. The summed E-state index contributed by atoms with van der Waals surface area (Å²) < 4.78 is 72.8. The van der Waals surface area contributed by atoms with Crippen molar-refractivity contribution in [3.05, 3.63) is 47.9 Å². The molecule has 0 fully saturated rings. The maximum atomic E-state index is 13.5. The van der Waals surface area contributed by atoms with Crippen LogP contribution in [0.25, 0.3) is 10.7 Å². The van der Waals surface area contributed by atoms with E-state index in [1.165, 1.54) is 30.6 Å². The molecule has 0 N–H and O–H groups in total. The largest absolute Gasteiger partial charge is 0.446 e. The van der Waals surface area contributed by atoms with Crippen LogP contribution >= 0.6 is 11.8 Å². The standard InChI is InChI=1S/C19H18F3N3O4S2/c1-4-25-17-14(23-9-10-24-17)15(29-18(26)11(2)3)16(31(25,27)28)12-7-5-6-8-13(12)30-19(20,21)22/h5-11H,4H2,1-3H3. The molecule has 3 rings (SSSR count). The zero-order chi connectivity index (χ0) is 23.0. The van der Waals surface area contributed by atoms with Crippen molar-refractivity contribution in [3.63, 3.8) is 0 Å². The Morgan fingerprint density at radius 1 is 1.19 bits per heavy atom. The van der Waals surface area contributed by atoms with Crippen molar-refractivity contribution in [2.75, 3.05) is 10.8 Å². The van der Waals surface area contributed by atoms with E-state index in [-0.39, 0.29) is 28.5 Å². The fourth-order valence-electron chi connectivity index (χ4n) is 2.88. The first kappa shape index (κ1) is 23.1. The van der Waals surface area contributed by atoms with Crippen molar-refractivity contribution in [2.45, 2.75) is 31.2 Å². The normalized spacial score (nSPS) is 15.8. The molecule has 0 atom stereocenters. The molecule has 0 spiro atoms. The number of carbonyl (C=O) groups excluding carboxylic acids is 1. The molecule has 0 amide bonds. The SMILES string of the molecule is CCN1c2nccnc2C(OC(=O)C(C)C)=C(c2ccccc2SC(F)(F)F)S1(=O)=O. The van der Waals surface area contributed by atoms with Crippen LogP contribution in [-0.2, 0) is 19.6 Å². The summed E-state index contributed by atoms with van der Waals surface area (Å²) in [4.78, 5) is 19.6. The minimum atomic E-state index is -4.66. The van der Waals surface area contributed by atoms with Gasteiger partial charge in [0.1, 0.15) is 4.91 Å². The number of thioether (sulfide) groups is 1. The van der Waals surface area contributed by atoms with Crippen LogP contribution in [0.3, 0.4) is 0 Å². The Hall–Kier alpha value is -2.60. The number of rotatable bonds is 5.